The second kappa shape index (κ2) is 7.07. The Labute approximate surface area is 169 Å². The quantitative estimate of drug-likeness (QED) is 0.412. The van der Waals surface area contributed by atoms with Crippen LogP contribution in [0.25, 0.3) is 22.0 Å². The molecule has 0 aliphatic heterocycles. The highest BCUT2D eigenvalue weighted by Crippen LogP contribution is 2.34. The van der Waals surface area contributed by atoms with Crippen LogP contribution < -0.4 is 0 Å². The number of hydrogen-bond acceptors (Lipinski definition) is 5. The molecule has 0 aliphatic carbocycles. The molecule has 0 spiro atoms. The number of pyridine rings is 1. The molecule has 4 rings (SSSR count). The van der Waals surface area contributed by atoms with Gasteiger partial charge in [-0.3, -0.25) is 4.98 Å². The smallest absolute Gasteiger partial charge is 0.184 e. The van der Waals surface area contributed by atoms with Crippen molar-refractivity contribution in [2.24, 2.45) is 0 Å². The molecule has 0 atom stereocenters. The summed E-state index contributed by atoms with van der Waals surface area (Å²) in [5.41, 5.74) is 2.00. The summed E-state index contributed by atoms with van der Waals surface area (Å²) in [5.74, 6) is -0.213. The van der Waals surface area contributed by atoms with Crippen molar-refractivity contribution >= 4 is 48.1 Å². The van der Waals surface area contributed by atoms with E-state index in [2.05, 4.69) is 26.1 Å². The van der Waals surface area contributed by atoms with Crippen molar-refractivity contribution in [3.05, 3.63) is 76.2 Å². The van der Waals surface area contributed by atoms with E-state index in [-0.39, 0.29) is 10.6 Å². The van der Waals surface area contributed by atoms with Gasteiger partial charge < -0.3 is 4.52 Å². The molecule has 0 unspecified atom stereocenters. The van der Waals surface area contributed by atoms with Gasteiger partial charge in [0.15, 0.2) is 9.84 Å². The van der Waals surface area contributed by atoms with Crippen LogP contribution >= 0.6 is 27.5 Å². The monoisotopic (exact) mass is 462 g/mol. The molecule has 2 aromatic carbocycles. The van der Waals surface area contributed by atoms with Crippen LogP contribution in [0.4, 0.5) is 0 Å². The van der Waals surface area contributed by atoms with Gasteiger partial charge in [0.05, 0.1) is 16.3 Å². The van der Waals surface area contributed by atoms with E-state index in [1.807, 2.05) is 6.07 Å². The molecule has 5 nitrogen and oxygen atoms in total. The summed E-state index contributed by atoms with van der Waals surface area (Å²) in [5, 5.41) is 5.93. The van der Waals surface area contributed by atoms with E-state index in [4.69, 9.17) is 16.1 Å². The molecular formula is C19H12BrClN2O3S. The van der Waals surface area contributed by atoms with E-state index in [1.54, 1.807) is 48.7 Å². The standard InChI is InChI=1S/C19H12BrClN2O3S/c20-18-10-13(21)1-3-17(18)19-16-4-2-15(9-12(16)5-7-22-19)27(24,25)11-14-6-8-26-23-14/h1-10H,11H2. The Balaban J connectivity index is 1.80. The van der Waals surface area contributed by atoms with E-state index < -0.39 is 9.84 Å². The van der Waals surface area contributed by atoms with Crippen LogP contribution in [0.1, 0.15) is 5.69 Å². The van der Waals surface area contributed by atoms with Crippen LogP contribution in [-0.2, 0) is 15.6 Å². The fraction of sp³-hybridized carbons (Fsp3) is 0.0526. The number of aromatic nitrogens is 2. The topological polar surface area (TPSA) is 73.1 Å². The van der Waals surface area contributed by atoms with Crippen molar-refractivity contribution < 1.29 is 12.9 Å². The highest BCUT2D eigenvalue weighted by Gasteiger charge is 2.18. The molecule has 0 aliphatic rings. The Morgan fingerprint density at radius 3 is 2.67 bits per heavy atom. The highest BCUT2D eigenvalue weighted by molar-refractivity contribution is 9.10. The summed E-state index contributed by atoms with van der Waals surface area (Å²) >= 11 is 9.54. The molecule has 0 saturated heterocycles. The summed E-state index contributed by atoms with van der Waals surface area (Å²) < 4.78 is 30.9. The number of benzene rings is 2. The fourth-order valence-corrected chi connectivity index (χ4v) is 4.99. The van der Waals surface area contributed by atoms with E-state index >= 15 is 0 Å². The van der Waals surface area contributed by atoms with Crippen molar-refractivity contribution in [3.8, 4) is 11.3 Å². The van der Waals surface area contributed by atoms with Crippen LogP contribution in [0, 0.1) is 0 Å². The number of fused-ring (bicyclic) bond motifs is 1. The number of rotatable bonds is 4. The number of nitrogens with zero attached hydrogens (tertiary/aromatic N) is 2. The maximum absolute atomic E-state index is 12.7. The van der Waals surface area contributed by atoms with Crippen molar-refractivity contribution in [1.82, 2.24) is 10.1 Å². The van der Waals surface area contributed by atoms with Gasteiger partial charge in [-0.25, -0.2) is 8.42 Å². The molecule has 4 aromatic rings. The minimum absolute atomic E-state index is 0.213. The van der Waals surface area contributed by atoms with Gasteiger partial charge in [0.2, 0.25) is 0 Å². The molecule has 0 N–H and O–H groups in total. The molecule has 8 heteroatoms. The third kappa shape index (κ3) is 3.63. The molecule has 0 saturated carbocycles. The summed E-state index contributed by atoms with van der Waals surface area (Å²) in [4.78, 5) is 4.70. The van der Waals surface area contributed by atoms with Crippen LogP contribution in [0.2, 0.25) is 5.02 Å². The van der Waals surface area contributed by atoms with Gasteiger partial charge in [-0.15, -0.1) is 0 Å². The molecule has 136 valence electrons. The fourth-order valence-electron chi connectivity index (χ4n) is 2.84. The summed E-state index contributed by atoms with van der Waals surface area (Å²) in [6.45, 7) is 0. The lowest BCUT2D eigenvalue weighted by molar-refractivity contribution is 0.413. The minimum Gasteiger partial charge on any atom is -0.364 e. The van der Waals surface area contributed by atoms with Crippen LogP contribution in [0.15, 0.2) is 74.9 Å². The zero-order valence-electron chi connectivity index (χ0n) is 13.8. The van der Waals surface area contributed by atoms with Gasteiger partial charge in [0.25, 0.3) is 0 Å². The lowest BCUT2D eigenvalue weighted by atomic mass is 10.0. The average Bonchev–Trinajstić information content (AvgIpc) is 3.13. The molecular weight excluding hydrogens is 452 g/mol. The first-order valence-electron chi connectivity index (χ1n) is 7.90. The molecule has 2 heterocycles. The SMILES string of the molecule is O=S(=O)(Cc1ccon1)c1ccc2c(-c3ccc(Cl)cc3Br)nccc2c1. The Morgan fingerprint density at radius 2 is 1.93 bits per heavy atom. The van der Waals surface area contributed by atoms with Crippen LogP contribution in [0.5, 0.6) is 0 Å². The van der Waals surface area contributed by atoms with Gasteiger partial charge in [-0.05, 0) is 35.7 Å². The van der Waals surface area contributed by atoms with E-state index in [0.29, 0.717) is 10.7 Å². The normalized spacial score (nSPS) is 11.8. The van der Waals surface area contributed by atoms with Crippen molar-refractivity contribution in [2.45, 2.75) is 10.6 Å². The van der Waals surface area contributed by atoms with Gasteiger partial charge in [-0.2, -0.15) is 0 Å². The molecule has 0 radical (unpaired) electrons. The van der Waals surface area contributed by atoms with E-state index in [9.17, 15) is 8.42 Å². The number of sulfone groups is 1. The van der Waals surface area contributed by atoms with Crippen molar-refractivity contribution in [1.29, 1.82) is 0 Å². The summed E-state index contributed by atoms with van der Waals surface area (Å²) in [7, 11) is -3.54. The second-order valence-electron chi connectivity index (χ2n) is 5.92. The van der Waals surface area contributed by atoms with Gasteiger partial charge in [-0.1, -0.05) is 44.8 Å². The first kappa shape index (κ1) is 18.2. The van der Waals surface area contributed by atoms with Crippen molar-refractivity contribution in [2.75, 3.05) is 0 Å². The van der Waals surface area contributed by atoms with E-state index in [1.165, 1.54) is 6.26 Å². The third-order valence-electron chi connectivity index (χ3n) is 4.11. The number of halogens is 2. The van der Waals surface area contributed by atoms with E-state index in [0.717, 1.165) is 26.5 Å². The first-order chi connectivity index (χ1) is 12.9. The average molecular weight is 464 g/mol. The Hall–Kier alpha value is -2.22. The van der Waals surface area contributed by atoms with Gasteiger partial charge in [0.1, 0.15) is 12.0 Å². The second-order valence-corrected chi connectivity index (χ2v) is 9.20. The maximum Gasteiger partial charge on any atom is 0.184 e. The molecule has 0 fully saturated rings. The minimum atomic E-state index is -3.54. The predicted octanol–water partition coefficient (Wildman–Crippen LogP) is 5.28. The van der Waals surface area contributed by atoms with Crippen LogP contribution in [-0.4, -0.2) is 18.6 Å². The summed E-state index contributed by atoms with van der Waals surface area (Å²) in [6.07, 6.45) is 3.01. The Bertz CT molecular complexity index is 1240. The zero-order valence-corrected chi connectivity index (χ0v) is 16.9. The highest BCUT2D eigenvalue weighted by atomic mass is 79.9. The number of hydrogen-bond donors (Lipinski definition) is 0. The maximum atomic E-state index is 12.7. The van der Waals surface area contributed by atoms with Gasteiger partial charge >= 0.3 is 0 Å². The Kier molecular flexibility index (Phi) is 4.75. The molecule has 27 heavy (non-hydrogen) atoms. The van der Waals surface area contributed by atoms with Gasteiger partial charge in [0, 0.05) is 32.7 Å². The zero-order chi connectivity index (χ0) is 19.0. The third-order valence-corrected chi connectivity index (χ3v) is 6.65. The van der Waals surface area contributed by atoms with Crippen molar-refractivity contribution in [3.63, 3.8) is 0 Å². The largest absolute Gasteiger partial charge is 0.364 e. The first-order valence-corrected chi connectivity index (χ1v) is 10.7. The summed E-state index contributed by atoms with van der Waals surface area (Å²) in [6, 6.07) is 13.8. The lowest BCUT2D eigenvalue weighted by Gasteiger charge is -2.10. The lowest BCUT2D eigenvalue weighted by Crippen LogP contribution is -2.05. The molecule has 2 aromatic heterocycles. The molecule has 0 bridgehead atoms. The van der Waals surface area contributed by atoms with Crippen LogP contribution in [0.3, 0.4) is 0 Å². The molecule has 0 amide bonds. The predicted molar refractivity (Wildman–Crippen MR) is 107 cm³/mol. The Morgan fingerprint density at radius 1 is 1.07 bits per heavy atom.